The minimum Gasteiger partial charge on any atom is -0.327 e. The van der Waals surface area contributed by atoms with E-state index in [1.807, 2.05) is 0 Å². The lowest BCUT2D eigenvalue weighted by Gasteiger charge is -2.24. The van der Waals surface area contributed by atoms with E-state index in [9.17, 15) is 22.8 Å². The molecule has 2 amide bonds. The minimum absolute atomic E-state index is 0.146. The molecular formula is C18H15F3N2O2. The maximum atomic E-state index is 13.7. The second-order valence-electron chi connectivity index (χ2n) is 5.78. The molecule has 1 aliphatic heterocycles. The zero-order valence-corrected chi connectivity index (χ0v) is 13.1. The fourth-order valence-corrected chi connectivity index (χ4v) is 2.85. The van der Waals surface area contributed by atoms with Crippen molar-refractivity contribution in [2.75, 3.05) is 11.9 Å². The number of halogens is 3. The third kappa shape index (κ3) is 3.65. The fourth-order valence-electron chi connectivity index (χ4n) is 2.85. The molecule has 25 heavy (non-hydrogen) atoms. The van der Waals surface area contributed by atoms with E-state index in [4.69, 9.17) is 0 Å². The van der Waals surface area contributed by atoms with E-state index in [2.05, 4.69) is 5.32 Å². The van der Waals surface area contributed by atoms with Crippen molar-refractivity contribution in [1.82, 2.24) is 4.90 Å². The number of benzene rings is 2. The Labute approximate surface area is 142 Å². The van der Waals surface area contributed by atoms with Gasteiger partial charge < -0.3 is 10.2 Å². The Morgan fingerprint density at radius 1 is 1.00 bits per heavy atom. The Kier molecular flexibility index (Phi) is 4.74. The molecule has 2 aromatic carbocycles. The van der Waals surface area contributed by atoms with Crippen molar-refractivity contribution in [3.8, 4) is 0 Å². The summed E-state index contributed by atoms with van der Waals surface area (Å²) in [6, 6.07) is 7.12. The average molecular weight is 348 g/mol. The molecule has 0 aromatic heterocycles. The van der Waals surface area contributed by atoms with Crippen LogP contribution < -0.4 is 5.32 Å². The summed E-state index contributed by atoms with van der Waals surface area (Å²) in [6.07, 6.45) is 1.05. The highest BCUT2D eigenvalue weighted by molar-refractivity contribution is 6.01. The molecule has 0 saturated carbocycles. The molecular weight excluding hydrogens is 333 g/mol. The minimum atomic E-state index is -0.886. The molecule has 0 radical (unpaired) electrons. The first-order valence-corrected chi connectivity index (χ1v) is 7.78. The number of nitrogens with zero attached hydrogens (tertiary/aromatic N) is 1. The SMILES string of the molecule is O=C(Nc1ccc(F)cc1F)C1CCCN1C(=O)c1ccc(F)cc1. The fraction of sp³-hybridized carbons (Fsp3) is 0.222. The molecule has 1 atom stereocenters. The largest absolute Gasteiger partial charge is 0.327 e. The molecule has 0 bridgehead atoms. The Bertz CT molecular complexity index is 808. The summed E-state index contributed by atoms with van der Waals surface area (Å²) in [6.45, 7) is 0.375. The van der Waals surface area contributed by atoms with Gasteiger partial charge in [0.2, 0.25) is 5.91 Å². The van der Waals surface area contributed by atoms with Gasteiger partial charge in [0.15, 0.2) is 0 Å². The van der Waals surface area contributed by atoms with Crippen molar-refractivity contribution in [2.24, 2.45) is 0 Å². The van der Waals surface area contributed by atoms with E-state index in [0.29, 0.717) is 25.5 Å². The van der Waals surface area contributed by atoms with Crippen LogP contribution in [0.3, 0.4) is 0 Å². The summed E-state index contributed by atoms with van der Waals surface area (Å²) in [4.78, 5) is 26.3. The molecule has 1 N–H and O–H groups in total. The highest BCUT2D eigenvalue weighted by Crippen LogP contribution is 2.23. The molecule has 1 aliphatic rings. The van der Waals surface area contributed by atoms with Gasteiger partial charge in [-0.25, -0.2) is 13.2 Å². The second kappa shape index (κ2) is 6.96. The van der Waals surface area contributed by atoms with Gasteiger partial charge in [-0.2, -0.15) is 0 Å². The van der Waals surface area contributed by atoms with Gasteiger partial charge in [-0.3, -0.25) is 9.59 Å². The van der Waals surface area contributed by atoms with Gasteiger partial charge in [0.05, 0.1) is 5.69 Å². The quantitative estimate of drug-likeness (QED) is 0.925. The van der Waals surface area contributed by atoms with Crippen LogP contribution >= 0.6 is 0 Å². The Morgan fingerprint density at radius 2 is 1.68 bits per heavy atom. The van der Waals surface area contributed by atoms with E-state index in [0.717, 1.165) is 12.1 Å². The molecule has 7 heteroatoms. The van der Waals surface area contributed by atoms with Crippen molar-refractivity contribution in [3.63, 3.8) is 0 Å². The number of nitrogens with one attached hydrogen (secondary N) is 1. The predicted molar refractivity (Wildman–Crippen MR) is 85.4 cm³/mol. The molecule has 1 unspecified atom stereocenters. The smallest absolute Gasteiger partial charge is 0.254 e. The molecule has 1 heterocycles. The predicted octanol–water partition coefficient (Wildman–Crippen LogP) is 3.35. The van der Waals surface area contributed by atoms with Gasteiger partial charge in [-0.15, -0.1) is 0 Å². The summed E-state index contributed by atoms with van der Waals surface area (Å²) in [5, 5.41) is 2.39. The van der Waals surface area contributed by atoms with Gasteiger partial charge in [0, 0.05) is 18.2 Å². The lowest BCUT2D eigenvalue weighted by molar-refractivity contribution is -0.119. The van der Waals surface area contributed by atoms with E-state index in [1.165, 1.54) is 29.2 Å². The zero-order chi connectivity index (χ0) is 18.0. The summed E-state index contributed by atoms with van der Waals surface area (Å²) < 4.78 is 39.6. The number of hydrogen-bond acceptors (Lipinski definition) is 2. The maximum Gasteiger partial charge on any atom is 0.254 e. The lowest BCUT2D eigenvalue weighted by atomic mass is 10.1. The zero-order valence-electron chi connectivity index (χ0n) is 13.1. The van der Waals surface area contributed by atoms with E-state index in [1.54, 1.807) is 0 Å². The van der Waals surface area contributed by atoms with Crippen LogP contribution in [-0.4, -0.2) is 29.3 Å². The first-order valence-electron chi connectivity index (χ1n) is 7.78. The Morgan fingerprint density at radius 3 is 2.36 bits per heavy atom. The van der Waals surface area contributed by atoms with E-state index in [-0.39, 0.29) is 11.3 Å². The summed E-state index contributed by atoms with van der Waals surface area (Å²) in [5.74, 6) is -3.03. The van der Waals surface area contributed by atoms with Crippen molar-refractivity contribution < 1.29 is 22.8 Å². The monoisotopic (exact) mass is 348 g/mol. The third-order valence-electron chi connectivity index (χ3n) is 4.10. The summed E-state index contributed by atoms with van der Waals surface area (Å²) >= 11 is 0. The lowest BCUT2D eigenvalue weighted by Crippen LogP contribution is -2.43. The van der Waals surface area contributed by atoms with Crippen LogP contribution in [0.1, 0.15) is 23.2 Å². The number of likely N-dealkylation sites (tertiary alicyclic amines) is 1. The number of rotatable bonds is 3. The van der Waals surface area contributed by atoms with Gasteiger partial charge in [0.1, 0.15) is 23.5 Å². The van der Waals surface area contributed by atoms with Crippen LogP contribution in [-0.2, 0) is 4.79 Å². The average Bonchev–Trinajstić information content (AvgIpc) is 3.07. The van der Waals surface area contributed by atoms with Crippen LogP contribution in [0.25, 0.3) is 0 Å². The number of carbonyl (C=O) groups excluding carboxylic acids is 2. The molecule has 1 fully saturated rings. The molecule has 0 aliphatic carbocycles. The van der Waals surface area contributed by atoms with Crippen LogP contribution in [0, 0.1) is 17.5 Å². The van der Waals surface area contributed by atoms with Crippen LogP contribution in [0.5, 0.6) is 0 Å². The molecule has 130 valence electrons. The number of carbonyl (C=O) groups is 2. The summed E-state index contributed by atoms with van der Waals surface area (Å²) in [7, 11) is 0. The standard InChI is InChI=1S/C18H15F3N2O2/c19-12-5-3-11(4-6-12)18(25)23-9-1-2-16(23)17(24)22-15-8-7-13(20)10-14(15)21/h3-8,10,16H,1-2,9H2,(H,22,24). The topological polar surface area (TPSA) is 49.4 Å². The molecule has 4 nitrogen and oxygen atoms in total. The van der Waals surface area contributed by atoms with Crippen molar-refractivity contribution in [1.29, 1.82) is 0 Å². The highest BCUT2D eigenvalue weighted by Gasteiger charge is 2.34. The highest BCUT2D eigenvalue weighted by atomic mass is 19.1. The second-order valence-corrected chi connectivity index (χ2v) is 5.78. The van der Waals surface area contributed by atoms with Gasteiger partial charge in [-0.1, -0.05) is 0 Å². The number of anilines is 1. The summed E-state index contributed by atoms with van der Waals surface area (Å²) in [5.41, 5.74) is 0.126. The van der Waals surface area contributed by atoms with Crippen molar-refractivity contribution >= 4 is 17.5 Å². The van der Waals surface area contributed by atoms with Crippen molar-refractivity contribution in [2.45, 2.75) is 18.9 Å². The van der Waals surface area contributed by atoms with Crippen LogP contribution in [0.15, 0.2) is 42.5 Å². The maximum absolute atomic E-state index is 13.7. The Balaban J connectivity index is 1.75. The van der Waals surface area contributed by atoms with Crippen molar-refractivity contribution in [3.05, 3.63) is 65.5 Å². The Hall–Kier alpha value is -2.83. The molecule has 1 saturated heterocycles. The molecule has 2 aromatic rings. The molecule has 3 rings (SSSR count). The number of hydrogen-bond donors (Lipinski definition) is 1. The van der Waals surface area contributed by atoms with Crippen LogP contribution in [0.2, 0.25) is 0 Å². The van der Waals surface area contributed by atoms with Gasteiger partial charge in [-0.05, 0) is 49.2 Å². The molecule has 0 spiro atoms. The van der Waals surface area contributed by atoms with Gasteiger partial charge >= 0.3 is 0 Å². The van der Waals surface area contributed by atoms with Gasteiger partial charge in [0.25, 0.3) is 5.91 Å². The number of amides is 2. The first-order chi connectivity index (χ1) is 12.0. The normalized spacial score (nSPS) is 16.8. The van der Waals surface area contributed by atoms with E-state index < -0.39 is 35.3 Å². The van der Waals surface area contributed by atoms with E-state index >= 15 is 0 Å². The van der Waals surface area contributed by atoms with Crippen LogP contribution in [0.4, 0.5) is 18.9 Å². The third-order valence-corrected chi connectivity index (χ3v) is 4.10. The first kappa shape index (κ1) is 17.0.